The van der Waals surface area contributed by atoms with E-state index in [0.29, 0.717) is 0 Å². The molecule has 1 N–H and O–H groups in total. The fourth-order valence-corrected chi connectivity index (χ4v) is 1.40. The molecular weight excluding hydrogens is 150 g/mol. The standard InChI is InChI=1S/C10H20NO/c1-3-5-6-8-9(7-4-2)10(11)12/h9,11H,3-8H2,1-2H3. The lowest BCUT2D eigenvalue weighted by Crippen LogP contribution is -2.14. The molecule has 0 aromatic rings. The molecule has 2 heteroatoms. The SMILES string of the molecule is CCCCCC(CCC)C([NH])=O. The highest BCUT2D eigenvalue weighted by Gasteiger charge is 2.13. The molecule has 0 aromatic carbocycles. The Hall–Kier alpha value is -0.530. The van der Waals surface area contributed by atoms with Gasteiger partial charge in [0.1, 0.15) is 0 Å². The second-order valence-electron chi connectivity index (χ2n) is 3.35. The minimum absolute atomic E-state index is 0.0153. The summed E-state index contributed by atoms with van der Waals surface area (Å²) < 4.78 is 0. The van der Waals surface area contributed by atoms with E-state index < -0.39 is 0 Å². The summed E-state index contributed by atoms with van der Waals surface area (Å²) in [4.78, 5) is 10.8. The minimum Gasteiger partial charge on any atom is -0.273 e. The van der Waals surface area contributed by atoms with Crippen molar-refractivity contribution in [2.75, 3.05) is 0 Å². The molecule has 1 atom stereocenters. The number of hydrogen-bond acceptors (Lipinski definition) is 1. The van der Waals surface area contributed by atoms with Crippen LogP contribution in [0, 0.1) is 5.92 Å². The van der Waals surface area contributed by atoms with Crippen LogP contribution < -0.4 is 5.73 Å². The number of rotatable bonds is 7. The van der Waals surface area contributed by atoms with E-state index in [9.17, 15) is 4.79 Å². The Bertz CT molecular complexity index is 123. The first-order valence-electron chi connectivity index (χ1n) is 4.97. The van der Waals surface area contributed by atoms with Gasteiger partial charge < -0.3 is 0 Å². The summed E-state index contributed by atoms with van der Waals surface area (Å²) in [5, 5.41) is 0. The Balaban J connectivity index is 3.56. The molecule has 12 heavy (non-hydrogen) atoms. The van der Waals surface area contributed by atoms with Gasteiger partial charge in [-0.05, 0) is 12.8 Å². The predicted octanol–water partition coefficient (Wildman–Crippen LogP) is 2.79. The lowest BCUT2D eigenvalue weighted by Gasteiger charge is -2.10. The summed E-state index contributed by atoms with van der Waals surface area (Å²) in [6.07, 6.45) is 6.31. The minimum atomic E-state index is -0.368. The van der Waals surface area contributed by atoms with E-state index in [2.05, 4.69) is 13.8 Å². The van der Waals surface area contributed by atoms with Crippen LogP contribution in [0.4, 0.5) is 0 Å². The molecule has 0 aliphatic carbocycles. The van der Waals surface area contributed by atoms with Crippen LogP contribution in [-0.2, 0) is 4.79 Å². The molecule has 0 aromatic heterocycles. The van der Waals surface area contributed by atoms with E-state index in [0.717, 1.165) is 25.7 Å². The summed E-state index contributed by atoms with van der Waals surface area (Å²) >= 11 is 0. The lowest BCUT2D eigenvalue weighted by molar-refractivity contribution is -0.122. The molecule has 0 heterocycles. The molecule has 71 valence electrons. The number of amides is 1. The van der Waals surface area contributed by atoms with Gasteiger partial charge in [-0.2, -0.15) is 0 Å². The van der Waals surface area contributed by atoms with E-state index >= 15 is 0 Å². The molecule has 2 nitrogen and oxygen atoms in total. The smallest absolute Gasteiger partial charge is 0.241 e. The zero-order chi connectivity index (χ0) is 9.40. The molecule has 1 radical (unpaired) electrons. The van der Waals surface area contributed by atoms with Crippen molar-refractivity contribution in [1.82, 2.24) is 5.73 Å². The summed E-state index contributed by atoms with van der Waals surface area (Å²) in [5.74, 6) is -0.352. The van der Waals surface area contributed by atoms with E-state index in [1.807, 2.05) is 0 Å². The van der Waals surface area contributed by atoms with Gasteiger partial charge in [0.05, 0.1) is 0 Å². The molecule has 0 spiro atoms. The van der Waals surface area contributed by atoms with Crippen LogP contribution in [0.3, 0.4) is 0 Å². The van der Waals surface area contributed by atoms with Gasteiger partial charge in [0.15, 0.2) is 0 Å². The summed E-state index contributed by atoms with van der Waals surface area (Å²) in [6, 6.07) is 0. The maximum absolute atomic E-state index is 10.8. The molecule has 0 aliphatic heterocycles. The summed E-state index contributed by atoms with van der Waals surface area (Å²) in [7, 11) is 0. The van der Waals surface area contributed by atoms with Crippen molar-refractivity contribution in [2.45, 2.75) is 52.4 Å². The Morgan fingerprint density at radius 3 is 2.25 bits per heavy atom. The highest BCUT2D eigenvalue weighted by atomic mass is 16.1. The fourth-order valence-electron chi connectivity index (χ4n) is 1.40. The molecule has 0 aliphatic rings. The zero-order valence-corrected chi connectivity index (χ0v) is 8.23. The van der Waals surface area contributed by atoms with Gasteiger partial charge in [0.2, 0.25) is 5.91 Å². The van der Waals surface area contributed by atoms with Crippen LogP contribution in [0.1, 0.15) is 52.4 Å². The highest BCUT2D eigenvalue weighted by Crippen LogP contribution is 2.15. The van der Waals surface area contributed by atoms with Crippen molar-refractivity contribution < 1.29 is 4.79 Å². The van der Waals surface area contributed by atoms with Crippen molar-refractivity contribution in [3.05, 3.63) is 0 Å². The van der Waals surface area contributed by atoms with Gasteiger partial charge in [-0.15, -0.1) is 0 Å². The zero-order valence-electron chi connectivity index (χ0n) is 8.23. The van der Waals surface area contributed by atoms with Gasteiger partial charge >= 0.3 is 0 Å². The molecule has 0 saturated carbocycles. The van der Waals surface area contributed by atoms with Crippen LogP contribution in [-0.4, -0.2) is 5.91 Å². The van der Waals surface area contributed by atoms with Crippen molar-refractivity contribution in [2.24, 2.45) is 5.92 Å². The van der Waals surface area contributed by atoms with Crippen LogP contribution in [0.15, 0.2) is 0 Å². The third-order valence-corrected chi connectivity index (χ3v) is 2.16. The number of nitrogens with one attached hydrogen (secondary N) is 1. The summed E-state index contributed by atoms with van der Waals surface area (Å²) in [5.41, 5.74) is 7.03. The number of carbonyl (C=O) groups is 1. The second kappa shape index (κ2) is 7.14. The van der Waals surface area contributed by atoms with Gasteiger partial charge in [-0.3, -0.25) is 10.5 Å². The van der Waals surface area contributed by atoms with Crippen molar-refractivity contribution in [1.29, 1.82) is 0 Å². The van der Waals surface area contributed by atoms with Crippen molar-refractivity contribution >= 4 is 5.91 Å². The molecule has 0 fully saturated rings. The molecule has 0 bridgehead atoms. The van der Waals surface area contributed by atoms with Crippen molar-refractivity contribution in [3.63, 3.8) is 0 Å². The van der Waals surface area contributed by atoms with Crippen LogP contribution >= 0.6 is 0 Å². The predicted molar refractivity (Wildman–Crippen MR) is 50.6 cm³/mol. The topological polar surface area (TPSA) is 40.9 Å². The Labute approximate surface area is 75.5 Å². The van der Waals surface area contributed by atoms with Crippen molar-refractivity contribution in [3.8, 4) is 0 Å². The van der Waals surface area contributed by atoms with E-state index in [1.54, 1.807) is 0 Å². The van der Waals surface area contributed by atoms with Gasteiger partial charge in [0.25, 0.3) is 0 Å². The van der Waals surface area contributed by atoms with Gasteiger partial charge in [0, 0.05) is 5.92 Å². The third-order valence-electron chi connectivity index (χ3n) is 2.16. The number of hydrogen-bond donors (Lipinski definition) is 0. The largest absolute Gasteiger partial charge is 0.273 e. The first-order chi connectivity index (χ1) is 5.72. The average molecular weight is 170 g/mol. The van der Waals surface area contributed by atoms with Crippen LogP contribution in [0.5, 0.6) is 0 Å². The monoisotopic (exact) mass is 170 g/mol. The van der Waals surface area contributed by atoms with Gasteiger partial charge in [-0.1, -0.05) is 39.5 Å². The molecule has 1 unspecified atom stereocenters. The van der Waals surface area contributed by atoms with Gasteiger partial charge in [-0.25, -0.2) is 0 Å². The fraction of sp³-hybridized carbons (Fsp3) is 0.900. The number of unbranched alkanes of at least 4 members (excludes halogenated alkanes) is 2. The Morgan fingerprint density at radius 2 is 1.83 bits per heavy atom. The first-order valence-corrected chi connectivity index (χ1v) is 4.97. The normalized spacial score (nSPS) is 12.8. The maximum atomic E-state index is 10.8. The lowest BCUT2D eigenvalue weighted by atomic mass is 9.96. The highest BCUT2D eigenvalue weighted by molar-refractivity contribution is 5.75. The first kappa shape index (κ1) is 11.5. The van der Waals surface area contributed by atoms with Crippen LogP contribution in [0.2, 0.25) is 0 Å². The van der Waals surface area contributed by atoms with Crippen LogP contribution in [0.25, 0.3) is 0 Å². The molecule has 0 rings (SSSR count). The van der Waals surface area contributed by atoms with E-state index in [1.165, 1.54) is 12.8 Å². The third kappa shape index (κ3) is 5.16. The number of carbonyl (C=O) groups excluding carboxylic acids is 1. The molecule has 0 saturated heterocycles. The Kier molecular flexibility index (Phi) is 6.82. The van der Waals surface area contributed by atoms with E-state index in [-0.39, 0.29) is 11.8 Å². The maximum Gasteiger partial charge on any atom is 0.241 e. The van der Waals surface area contributed by atoms with E-state index in [4.69, 9.17) is 5.73 Å². The second-order valence-corrected chi connectivity index (χ2v) is 3.35. The Morgan fingerprint density at radius 1 is 1.17 bits per heavy atom. The quantitative estimate of drug-likeness (QED) is 0.541. The molecule has 1 amide bonds. The summed E-state index contributed by atoms with van der Waals surface area (Å²) in [6.45, 7) is 4.22. The molecular formula is C10H20NO. The average Bonchev–Trinajstić information content (AvgIpc) is 2.03.